The van der Waals surface area contributed by atoms with Crippen LogP contribution in [0, 0.1) is 0 Å². The summed E-state index contributed by atoms with van der Waals surface area (Å²) in [4.78, 5) is 11.0. The van der Waals surface area contributed by atoms with Gasteiger partial charge in [0.25, 0.3) is 0 Å². The van der Waals surface area contributed by atoms with Crippen LogP contribution in [0.15, 0.2) is 42.5 Å². The van der Waals surface area contributed by atoms with E-state index in [1.54, 1.807) is 30.3 Å². The molecule has 10 nitrogen and oxygen atoms in total. The fraction of sp³-hybridized carbons (Fsp3) is 0.519. The maximum atomic E-state index is 11.3. The highest BCUT2D eigenvalue weighted by Crippen LogP contribution is 2.23. The van der Waals surface area contributed by atoms with Crippen molar-refractivity contribution in [1.82, 2.24) is 5.32 Å². The lowest BCUT2D eigenvalue weighted by Crippen LogP contribution is -2.22. The number of phenolic OH excluding ortho intramolecular Hbond substituents is 1. The molecule has 0 heterocycles. The summed E-state index contributed by atoms with van der Waals surface area (Å²) in [7, 11) is -3.30. The van der Waals surface area contributed by atoms with Gasteiger partial charge < -0.3 is 29.7 Å². The number of carbonyl (C=O) groups is 1. The van der Waals surface area contributed by atoms with Crippen molar-refractivity contribution in [3.05, 3.63) is 59.2 Å². The second-order valence-corrected chi connectivity index (χ2v) is 10.8. The molecule has 0 fully saturated rings. The lowest BCUT2D eigenvalue weighted by Gasteiger charge is -2.14. The number of aromatic hydroxyl groups is 1. The zero-order valence-corrected chi connectivity index (χ0v) is 23.0. The Bertz CT molecular complexity index is 1090. The first kappa shape index (κ1) is 31.5. The number of aliphatic hydroxyl groups is 1. The van der Waals surface area contributed by atoms with Gasteiger partial charge in [0, 0.05) is 31.3 Å². The van der Waals surface area contributed by atoms with Crippen LogP contribution in [-0.2, 0) is 42.2 Å². The minimum Gasteiger partial charge on any atom is -0.508 e. The van der Waals surface area contributed by atoms with Gasteiger partial charge >= 0.3 is 5.97 Å². The highest BCUT2D eigenvalue weighted by Gasteiger charge is 2.11. The van der Waals surface area contributed by atoms with Crippen LogP contribution in [0.1, 0.15) is 55.4 Å². The van der Waals surface area contributed by atoms with Crippen molar-refractivity contribution in [3.8, 4) is 5.75 Å². The van der Waals surface area contributed by atoms with E-state index in [0.29, 0.717) is 49.8 Å². The molecule has 212 valence electrons. The van der Waals surface area contributed by atoms with Gasteiger partial charge in [-0.3, -0.25) is 9.52 Å². The Balaban J connectivity index is 1.46. The number of unbranched alkanes of at least 4 members (excludes halogenated alkanes) is 3. The maximum Gasteiger partial charge on any atom is 0.302 e. The number of esters is 1. The first-order chi connectivity index (χ1) is 18.1. The van der Waals surface area contributed by atoms with Crippen LogP contribution in [-0.4, -0.2) is 63.8 Å². The number of rotatable bonds is 19. The molecule has 2 aromatic rings. The minimum atomic E-state index is -3.30. The molecule has 2 rings (SSSR count). The molecule has 0 saturated carbocycles. The maximum absolute atomic E-state index is 11.3. The molecule has 11 heteroatoms. The lowest BCUT2D eigenvalue weighted by molar-refractivity contribution is -0.142. The summed E-state index contributed by atoms with van der Waals surface area (Å²) in [5.41, 5.74) is 2.50. The number of benzene rings is 2. The fourth-order valence-corrected chi connectivity index (χ4v) is 4.18. The van der Waals surface area contributed by atoms with E-state index < -0.39 is 22.1 Å². The molecule has 0 saturated heterocycles. The van der Waals surface area contributed by atoms with Crippen LogP contribution in [0.5, 0.6) is 5.75 Å². The van der Waals surface area contributed by atoms with Crippen LogP contribution in [0.4, 0.5) is 5.69 Å². The van der Waals surface area contributed by atoms with Crippen LogP contribution >= 0.6 is 0 Å². The molecule has 0 aliphatic carbocycles. The second-order valence-electron chi connectivity index (χ2n) is 9.04. The van der Waals surface area contributed by atoms with E-state index in [9.17, 15) is 23.4 Å². The number of aliphatic hydroxyl groups excluding tert-OH is 1. The number of hydrogen-bond donors (Lipinski definition) is 4. The van der Waals surface area contributed by atoms with Gasteiger partial charge in [-0.1, -0.05) is 31.0 Å². The van der Waals surface area contributed by atoms with Crippen molar-refractivity contribution in [3.63, 3.8) is 0 Å². The van der Waals surface area contributed by atoms with E-state index >= 15 is 0 Å². The normalized spacial score (nSPS) is 12.3. The number of sulfonamides is 1. The molecule has 0 aliphatic heterocycles. The Labute approximate surface area is 225 Å². The fourth-order valence-electron chi connectivity index (χ4n) is 3.62. The third kappa shape index (κ3) is 13.7. The molecule has 0 spiro atoms. The summed E-state index contributed by atoms with van der Waals surface area (Å²) in [5, 5.41) is 23.5. The molecule has 4 N–H and O–H groups in total. The van der Waals surface area contributed by atoms with Gasteiger partial charge in [-0.25, -0.2) is 8.42 Å². The molecule has 0 radical (unpaired) electrons. The highest BCUT2D eigenvalue weighted by atomic mass is 32.2. The Morgan fingerprint density at radius 1 is 0.974 bits per heavy atom. The Morgan fingerprint density at radius 3 is 2.50 bits per heavy atom. The quantitative estimate of drug-likeness (QED) is 0.153. The number of nitrogens with one attached hydrogen (secondary N) is 2. The molecule has 38 heavy (non-hydrogen) atoms. The summed E-state index contributed by atoms with van der Waals surface area (Å²) in [6, 6.07) is 11.9. The molecule has 0 amide bonds. The van der Waals surface area contributed by atoms with E-state index in [4.69, 9.17) is 14.2 Å². The summed E-state index contributed by atoms with van der Waals surface area (Å²) < 4.78 is 41.2. The van der Waals surface area contributed by atoms with Crippen molar-refractivity contribution >= 4 is 21.7 Å². The summed E-state index contributed by atoms with van der Waals surface area (Å²) in [5.74, 6) is -0.405. The zero-order chi connectivity index (χ0) is 27.8. The van der Waals surface area contributed by atoms with Crippen molar-refractivity contribution < 1.29 is 37.6 Å². The van der Waals surface area contributed by atoms with E-state index in [1.165, 1.54) is 13.0 Å². The van der Waals surface area contributed by atoms with Crippen molar-refractivity contribution in [1.29, 1.82) is 0 Å². The number of ether oxygens (including phenoxy) is 3. The molecular formula is C27H40N2O8S. The largest absolute Gasteiger partial charge is 0.508 e. The minimum absolute atomic E-state index is 0.0266. The monoisotopic (exact) mass is 552 g/mol. The highest BCUT2D eigenvalue weighted by molar-refractivity contribution is 7.92. The summed E-state index contributed by atoms with van der Waals surface area (Å²) in [6.45, 7) is 4.45. The summed E-state index contributed by atoms with van der Waals surface area (Å²) in [6.07, 6.45) is 4.42. The number of anilines is 1. The SMILES string of the molecule is CC(=O)OCc1cc([C@@H](O)CNCCCCCCOCCOCc2cccc(NS(C)(=O)=O)c2)ccc1O. The van der Waals surface area contributed by atoms with Crippen molar-refractivity contribution in [2.75, 3.05) is 43.9 Å². The van der Waals surface area contributed by atoms with E-state index in [1.807, 2.05) is 6.07 Å². The van der Waals surface area contributed by atoms with E-state index in [2.05, 4.69) is 10.0 Å². The van der Waals surface area contributed by atoms with Gasteiger partial charge in [0.05, 0.1) is 32.2 Å². The molecule has 0 aliphatic rings. The number of phenols is 1. The molecule has 0 aromatic heterocycles. The second kappa shape index (κ2) is 17.0. The van der Waals surface area contributed by atoms with Crippen LogP contribution in [0.3, 0.4) is 0 Å². The van der Waals surface area contributed by atoms with Gasteiger partial charge in [-0.05, 0) is 54.8 Å². The van der Waals surface area contributed by atoms with Crippen LogP contribution in [0.25, 0.3) is 0 Å². The Kier molecular flexibility index (Phi) is 14.1. The van der Waals surface area contributed by atoms with Crippen LogP contribution in [0.2, 0.25) is 0 Å². The predicted molar refractivity (Wildman–Crippen MR) is 145 cm³/mol. The van der Waals surface area contributed by atoms with Gasteiger partial charge in [0.15, 0.2) is 0 Å². The Morgan fingerprint density at radius 2 is 1.74 bits per heavy atom. The first-order valence-corrected chi connectivity index (χ1v) is 14.6. The third-order valence-electron chi connectivity index (χ3n) is 5.52. The topological polar surface area (TPSA) is 143 Å². The average molecular weight is 553 g/mol. The van der Waals surface area contributed by atoms with E-state index in [-0.39, 0.29) is 12.4 Å². The molecule has 2 aromatic carbocycles. The average Bonchev–Trinajstić information content (AvgIpc) is 2.85. The lowest BCUT2D eigenvalue weighted by atomic mass is 10.1. The third-order valence-corrected chi connectivity index (χ3v) is 6.13. The van der Waals surface area contributed by atoms with Gasteiger partial charge in [0.1, 0.15) is 12.4 Å². The number of carbonyl (C=O) groups excluding carboxylic acids is 1. The van der Waals surface area contributed by atoms with E-state index in [0.717, 1.165) is 44.0 Å². The first-order valence-electron chi connectivity index (χ1n) is 12.7. The summed E-state index contributed by atoms with van der Waals surface area (Å²) >= 11 is 0. The smallest absolute Gasteiger partial charge is 0.302 e. The predicted octanol–water partition coefficient (Wildman–Crippen LogP) is 3.24. The standard InChI is InChI=1S/C27H40N2O8S/c1-21(30)37-20-24-17-23(10-11-26(24)31)27(32)18-28-12-5-3-4-6-13-35-14-15-36-19-22-8-7-9-25(16-22)29-38(2,33)34/h7-11,16-17,27-29,31-32H,3-6,12-15,18-20H2,1-2H3/t27-/m0/s1. The number of hydrogen-bond acceptors (Lipinski definition) is 9. The van der Waals surface area contributed by atoms with Crippen molar-refractivity contribution in [2.45, 2.75) is 51.9 Å². The van der Waals surface area contributed by atoms with Gasteiger partial charge in [0.2, 0.25) is 10.0 Å². The molecule has 1 atom stereocenters. The molecule has 0 unspecified atom stereocenters. The van der Waals surface area contributed by atoms with Crippen molar-refractivity contribution in [2.24, 2.45) is 0 Å². The van der Waals surface area contributed by atoms with Gasteiger partial charge in [-0.2, -0.15) is 0 Å². The zero-order valence-electron chi connectivity index (χ0n) is 22.1. The molecular weight excluding hydrogens is 512 g/mol. The Hall–Kier alpha value is -2.70. The molecule has 0 bridgehead atoms. The van der Waals surface area contributed by atoms with Crippen LogP contribution < -0.4 is 10.0 Å². The van der Waals surface area contributed by atoms with Gasteiger partial charge in [-0.15, -0.1) is 0 Å².